The number of rotatable bonds is 6. The minimum atomic E-state index is -3.71. The number of aromatic nitrogens is 2. The SMILES string of the molecule is O=C(Nc1ccc(Cl)c(S(=O)(=O)N2CCCC2)c1)[C@@H](c1ccccc1)n1cccn1. The van der Waals surface area contributed by atoms with Gasteiger partial charge in [0.05, 0.1) is 5.02 Å². The molecule has 0 spiro atoms. The monoisotopic (exact) mass is 444 g/mol. The van der Waals surface area contributed by atoms with Crippen molar-refractivity contribution in [3.63, 3.8) is 0 Å². The Hall–Kier alpha value is -2.68. The quantitative estimate of drug-likeness (QED) is 0.630. The number of hydrogen-bond donors (Lipinski definition) is 1. The van der Waals surface area contributed by atoms with Crippen molar-refractivity contribution in [2.45, 2.75) is 23.8 Å². The molecule has 1 amide bonds. The smallest absolute Gasteiger partial charge is 0.253 e. The minimum Gasteiger partial charge on any atom is -0.324 e. The van der Waals surface area contributed by atoms with E-state index in [1.165, 1.54) is 16.4 Å². The van der Waals surface area contributed by atoms with Crippen molar-refractivity contribution in [1.29, 1.82) is 0 Å². The summed E-state index contributed by atoms with van der Waals surface area (Å²) in [4.78, 5) is 13.1. The molecule has 1 fully saturated rings. The summed E-state index contributed by atoms with van der Waals surface area (Å²) in [6.45, 7) is 0.954. The fourth-order valence-electron chi connectivity index (χ4n) is 3.55. The molecule has 1 aliphatic rings. The van der Waals surface area contributed by atoms with E-state index in [9.17, 15) is 13.2 Å². The molecule has 4 rings (SSSR count). The maximum atomic E-state index is 13.1. The molecule has 9 heteroatoms. The van der Waals surface area contributed by atoms with E-state index in [1.54, 1.807) is 29.2 Å². The Bertz CT molecular complexity index is 1130. The molecule has 2 heterocycles. The molecule has 7 nitrogen and oxygen atoms in total. The van der Waals surface area contributed by atoms with Crippen LogP contribution in [0, 0.1) is 0 Å². The van der Waals surface area contributed by atoms with E-state index in [-0.39, 0.29) is 15.8 Å². The summed E-state index contributed by atoms with van der Waals surface area (Å²) in [7, 11) is -3.71. The van der Waals surface area contributed by atoms with E-state index >= 15 is 0 Å². The van der Waals surface area contributed by atoms with Gasteiger partial charge in [0.2, 0.25) is 10.0 Å². The first-order valence-electron chi connectivity index (χ1n) is 9.61. The van der Waals surface area contributed by atoms with Crippen LogP contribution >= 0.6 is 11.6 Å². The van der Waals surface area contributed by atoms with Crippen LogP contribution in [0.4, 0.5) is 5.69 Å². The number of benzene rings is 2. The van der Waals surface area contributed by atoms with Crippen LogP contribution in [0.2, 0.25) is 5.02 Å². The topological polar surface area (TPSA) is 84.3 Å². The van der Waals surface area contributed by atoms with Crippen molar-refractivity contribution in [2.75, 3.05) is 18.4 Å². The van der Waals surface area contributed by atoms with Gasteiger partial charge in [-0.15, -0.1) is 0 Å². The Morgan fingerprint density at radius 2 is 1.80 bits per heavy atom. The Labute approximate surface area is 180 Å². The molecule has 0 unspecified atom stereocenters. The van der Waals surface area contributed by atoms with E-state index in [4.69, 9.17) is 11.6 Å². The largest absolute Gasteiger partial charge is 0.324 e. The number of halogens is 1. The fourth-order valence-corrected chi connectivity index (χ4v) is 5.57. The number of sulfonamides is 1. The molecule has 0 radical (unpaired) electrons. The van der Waals surface area contributed by atoms with E-state index in [0.29, 0.717) is 18.8 Å². The molecule has 0 bridgehead atoms. The van der Waals surface area contributed by atoms with E-state index in [2.05, 4.69) is 10.4 Å². The zero-order chi connectivity index (χ0) is 21.1. The average molecular weight is 445 g/mol. The van der Waals surface area contributed by atoms with Gasteiger partial charge in [-0.1, -0.05) is 41.9 Å². The van der Waals surface area contributed by atoms with Crippen LogP contribution in [0.5, 0.6) is 0 Å². The van der Waals surface area contributed by atoms with Crippen LogP contribution in [0.1, 0.15) is 24.4 Å². The second-order valence-corrected chi connectivity index (χ2v) is 9.36. The maximum absolute atomic E-state index is 13.1. The fraction of sp³-hybridized carbons (Fsp3) is 0.238. The predicted octanol–water partition coefficient (Wildman–Crippen LogP) is 3.55. The summed E-state index contributed by atoms with van der Waals surface area (Å²) in [5.74, 6) is -0.336. The first-order chi connectivity index (χ1) is 14.5. The number of carbonyl (C=O) groups is 1. The van der Waals surface area contributed by atoms with Crippen LogP contribution in [-0.4, -0.2) is 41.5 Å². The molecular formula is C21H21ClN4O3S. The Kier molecular flexibility index (Phi) is 5.90. The van der Waals surface area contributed by atoms with Crippen molar-refractivity contribution in [1.82, 2.24) is 14.1 Å². The maximum Gasteiger partial charge on any atom is 0.253 e. The highest BCUT2D eigenvalue weighted by Crippen LogP contribution is 2.30. The normalized spacial score (nSPS) is 15.8. The molecule has 0 saturated carbocycles. The molecule has 1 aliphatic heterocycles. The van der Waals surface area contributed by atoms with Crippen LogP contribution < -0.4 is 5.32 Å². The van der Waals surface area contributed by atoms with Crippen molar-refractivity contribution in [2.24, 2.45) is 0 Å². The molecule has 30 heavy (non-hydrogen) atoms. The van der Waals surface area contributed by atoms with Gasteiger partial charge in [-0.2, -0.15) is 9.40 Å². The summed E-state index contributed by atoms with van der Waals surface area (Å²) in [5, 5.41) is 7.16. The lowest BCUT2D eigenvalue weighted by molar-refractivity contribution is -0.118. The zero-order valence-electron chi connectivity index (χ0n) is 16.1. The van der Waals surface area contributed by atoms with Gasteiger partial charge in [-0.3, -0.25) is 9.48 Å². The van der Waals surface area contributed by atoms with Crippen molar-refractivity contribution in [3.8, 4) is 0 Å². The number of nitrogens with zero attached hydrogens (tertiary/aromatic N) is 3. The summed E-state index contributed by atoms with van der Waals surface area (Å²) >= 11 is 6.20. The van der Waals surface area contributed by atoms with Crippen LogP contribution in [-0.2, 0) is 14.8 Å². The molecule has 2 aromatic carbocycles. The number of anilines is 1. The summed E-state index contributed by atoms with van der Waals surface area (Å²) in [6, 6.07) is 14.8. The highest BCUT2D eigenvalue weighted by Gasteiger charge is 2.30. The second kappa shape index (κ2) is 8.59. The van der Waals surface area contributed by atoms with Crippen LogP contribution in [0.15, 0.2) is 71.9 Å². The molecule has 1 saturated heterocycles. The third kappa shape index (κ3) is 4.12. The van der Waals surface area contributed by atoms with Crippen molar-refractivity contribution < 1.29 is 13.2 Å². The molecular weight excluding hydrogens is 424 g/mol. The third-order valence-corrected chi connectivity index (χ3v) is 7.41. The van der Waals surface area contributed by atoms with Crippen LogP contribution in [0.3, 0.4) is 0 Å². The molecule has 0 aliphatic carbocycles. The van der Waals surface area contributed by atoms with Crippen molar-refractivity contribution >= 4 is 33.2 Å². The Balaban J connectivity index is 1.64. The third-order valence-electron chi connectivity index (χ3n) is 5.03. The van der Waals surface area contributed by atoms with Gasteiger partial charge >= 0.3 is 0 Å². The lowest BCUT2D eigenvalue weighted by Crippen LogP contribution is -2.29. The molecule has 3 aromatic rings. The van der Waals surface area contributed by atoms with E-state index in [0.717, 1.165) is 18.4 Å². The van der Waals surface area contributed by atoms with Crippen molar-refractivity contribution in [3.05, 3.63) is 77.6 Å². The molecule has 1 N–H and O–H groups in total. The average Bonchev–Trinajstić information content (AvgIpc) is 3.45. The zero-order valence-corrected chi connectivity index (χ0v) is 17.7. The first kappa shape index (κ1) is 20.6. The van der Waals surface area contributed by atoms with Gasteiger partial charge in [0.15, 0.2) is 6.04 Å². The van der Waals surface area contributed by atoms with Crippen LogP contribution in [0.25, 0.3) is 0 Å². The van der Waals surface area contributed by atoms with Gasteiger partial charge in [0, 0.05) is 31.2 Å². The van der Waals surface area contributed by atoms with E-state index in [1.807, 2.05) is 30.3 Å². The first-order valence-corrected chi connectivity index (χ1v) is 11.4. The van der Waals surface area contributed by atoms with Gasteiger partial charge < -0.3 is 5.32 Å². The molecule has 1 atom stereocenters. The number of nitrogens with one attached hydrogen (secondary N) is 1. The van der Waals surface area contributed by atoms with Gasteiger partial charge in [0.25, 0.3) is 5.91 Å². The number of amides is 1. The predicted molar refractivity (Wildman–Crippen MR) is 115 cm³/mol. The summed E-state index contributed by atoms with van der Waals surface area (Å²) in [6.07, 6.45) is 4.97. The molecule has 1 aromatic heterocycles. The molecule has 156 valence electrons. The highest BCUT2D eigenvalue weighted by atomic mass is 35.5. The minimum absolute atomic E-state index is 0.000725. The highest BCUT2D eigenvalue weighted by molar-refractivity contribution is 7.89. The Morgan fingerprint density at radius 1 is 1.07 bits per heavy atom. The van der Waals surface area contributed by atoms with Gasteiger partial charge in [-0.25, -0.2) is 8.42 Å². The summed E-state index contributed by atoms with van der Waals surface area (Å²) < 4.78 is 28.9. The lowest BCUT2D eigenvalue weighted by Gasteiger charge is -2.19. The number of carbonyl (C=O) groups excluding carboxylic acids is 1. The summed E-state index contributed by atoms with van der Waals surface area (Å²) in [5.41, 5.74) is 1.12. The van der Waals surface area contributed by atoms with E-state index < -0.39 is 16.1 Å². The number of hydrogen-bond acceptors (Lipinski definition) is 4. The van der Waals surface area contributed by atoms with Gasteiger partial charge in [-0.05, 0) is 42.7 Å². The standard InChI is InChI=1S/C21H21ClN4O3S/c22-18-10-9-17(15-19(18)30(28,29)25-12-4-5-13-25)24-21(27)20(26-14-6-11-23-26)16-7-2-1-3-8-16/h1-3,6-11,14-15,20H,4-5,12-13H2,(H,24,27)/t20-/m1/s1. The lowest BCUT2D eigenvalue weighted by atomic mass is 10.1. The van der Waals surface area contributed by atoms with Gasteiger partial charge in [0.1, 0.15) is 4.90 Å². The Morgan fingerprint density at radius 3 is 2.47 bits per heavy atom. The second-order valence-electron chi connectivity index (χ2n) is 7.04.